The number of piperidine rings is 1. The average molecular weight is 322 g/mol. The Hall–Kier alpha value is -2.11. The Morgan fingerprint density at radius 2 is 2.17 bits per heavy atom. The van der Waals surface area contributed by atoms with E-state index in [4.69, 9.17) is 0 Å². The van der Waals surface area contributed by atoms with Gasteiger partial charge in [-0.05, 0) is 31.7 Å². The number of amides is 1. The van der Waals surface area contributed by atoms with Crippen LogP contribution < -0.4 is 0 Å². The first-order valence-electron chi connectivity index (χ1n) is 7.58. The third-order valence-corrected chi connectivity index (χ3v) is 4.61. The molecule has 1 amide bonds. The van der Waals surface area contributed by atoms with Crippen LogP contribution >= 0.6 is 0 Å². The van der Waals surface area contributed by atoms with Crippen molar-refractivity contribution in [2.24, 2.45) is 0 Å². The van der Waals surface area contributed by atoms with Crippen LogP contribution in [0.5, 0.6) is 0 Å². The summed E-state index contributed by atoms with van der Waals surface area (Å²) < 4.78 is 40.0. The molecule has 1 aliphatic rings. The molecule has 0 N–H and O–H groups in total. The van der Waals surface area contributed by atoms with Gasteiger partial charge >= 0.3 is 0 Å². The van der Waals surface area contributed by atoms with Gasteiger partial charge in [0.1, 0.15) is 5.82 Å². The smallest absolute Gasteiger partial charge is 0.263 e. The van der Waals surface area contributed by atoms with Gasteiger partial charge in [-0.15, -0.1) is 0 Å². The summed E-state index contributed by atoms with van der Waals surface area (Å²) in [6, 6.07) is 4.18. The quantitative estimate of drug-likeness (QED) is 0.799. The Bertz CT molecular complexity index is 735. The number of hydrogen-bond donors (Lipinski definition) is 0. The number of alkyl halides is 2. The van der Waals surface area contributed by atoms with Crippen molar-refractivity contribution in [3.8, 4) is 0 Å². The van der Waals surface area contributed by atoms with Gasteiger partial charge in [-0.3, -0.25) is 9.78 Å². The maximum atomic E-state index is 14.4. The maximum Gasteiger partial charge on any atom is 0.263 e. The number of fused-ring (bicyclic) bond motifs is 1. The van der Waals surface area contributed by atoms with Crippen molar-refractivity contribution in [1.29, 1.82) is 0 Å². The number of likely N-dealkylation sites (tertiary alicyclic amines) is 1. The highest BCUT2D eigenvalue weighted by Gasteiger charge is 2.28. The van der Waals surface area contributed by atoms with Crippen LogP contribution in [0, 0.1) is 5.82 Å². The van der Waals surface area contributed by atoms with E-state index < -0.39 is 12.2 Å². The summed E-state index contributed by atoms with van der Waals surface area (Å²) in [4.78, 5) is 16.6. The molecule has 0 aliphatic carbocycles. The number of pyridine rings is 1. The van der Waals surface area contributed by atoms with E-state index in [-0.39, 0.29) is 17.5 Å². The average Bonchev–Trinajstić information content (AvgIpc) is 2.54. The lowest BCUT2D eigenvalue weighted by atomic mass is 9.84. The van der Waals surface area contributed by atoms with E-state index >= 15 is 0 Å². The Balaban J connectivity index is 2.03. The van der Waals surface area contributed by atoms with E-state index in [0.717, 1.165) is 12.6 Å². The Labute approximate surface area is 132 Å². The van der Waals surface area contributed by atoms with Crippen molar-refractivity contribution < 1.29 is 18.0 Å². The summed E-state index contributed by atoms with van der Waals surface area (Å²) in [7, 11) is 0. The van der Waals surface area contributed by atoms with Crippen LogP contribution in [0.2, 0.25) is 0 Å². The largest absolute Gasteiger partial charge is 0.343 e. The number of halogens is 3. The summed E-state index contributed by atoms with van der Waals surface area (Å²) in [5, 5.41) is 0.575. The molecule has 0 saturated carbocycles. The predicted octanol–water partition coefficient (Wildman–Crippen LogP) is 4.04. The van der Waals surface area contributed by atoms with Gasteiger partial charge in [0.15, 0.2) is 0 Å². The van der Waals surface area contributed by atoms with Crippen molar-refractivity contribution >= 4 is 17.3 Å². The number of benzene rings is 1. The van der Waals surface area contributed by atoms with Crippen LogP contribution in [0.25, 0.3) is 10.9 Å². The molecule has 1 aromatic heterocycles. The number of carbonyl (C=O) groups is 1. The molecule has 2 unspecified atom stereocenters. The summed E-state index contributed by atoms with van der Waals surface area (Å²) >= 11 is 0. The Morgan fingerprint density at radius 3 is 2.83 bits per heavy atom. The highest BCUT2D eigenvalue weighted by atomic mass is 19.3. The number of rotatable bonds is 3. The van der Waals surface area contributed by atoms with E-state index in [0.29, 0.717) is 35.9 Å². The molecule has 0 spiro atoms. The normalized spacial score (nSPS) is 21.9. The summed E-state index contributed by atoms with van der Waals surface area (Å²) in [6.07, 6.45) is 0.632. The lowest BCUT2D eigenvalue weighted by Crippen LogP contribution is -2.39. The molecule has 0 radical (unpaired) electrons. The van der Waals surface area contributed by atoms with Crippen molar-refractivity contribution in [2.45, 2.75) is 38.2 Å². The number of nitrogens with zero attached hydrogens (tertiary/aromatic N) is 2. The number of carbonyl (C=O) groups excluding carboxylic acids is 1. The minimum atomic E-state index is -2.58. The van der Waals surface area contributed by atoms with Crippen LogP contribution in [0.3, 0.4) is 0 Å². The number of aromatic nitrogens is 1. The van der Waals surface area contributed by atoms with Crippen molar-refractivity contribution in [3.63, 3.8) is 0 Å². The van der Waals surface area contributed by atoms with Gasteiger partial charge in [-0.1, -0.05) is 12.1 Å². The fourth-order valence-corrected chi connectivity index (χ4v) is 3.37. The van der Waals surface area contributed by atoms with Crippen LogP contribution in [-0.2, 0) is 4.79 Å². The fourth-order valence-electron chi connectivity index (χ4n) is 3.37. The van der Waals surface area contributed by atoms with Gasteiger partial charge in [0.05, 0.1) is 11.7 Å². The first-order valence-corrected chi connectivity index (χ1v) is 7.58. The first kappa shape index (κ1) is 15.8. The molecule has 0 bridgehead atoms. The molecule has 2 aromatic rings. The molecule has 3 rings (SSSR count). The molecule has 1 fully saturated rings. The molecule has 2 heterocycles. The summed E-state index contributed by atoms with van der Waals surface area (Å²) in [5.74, 6) is -0.469. The minimum absolute atomic E-state index is 0.0224. The van der Waals surface area contributed by atoms with E-state index in [1.54, 1.807) is 4.90 Å². The number of hydrogen-bond acceptors (Lipinski definition) is 2. The second-order valence-corrected chi connectivity index (χ2v) is 6.01. The van der Waals surface area contributed by atoms with E-state index in [9.17, 15) is 18.0 Å². The highest BCUT2D eigenvalue weighted by molar-refractivity contribution is 5.83. The molecule has 122 valence electrons. The summed E-state index contributed by atoms with van der Waals surface area (Å²) in [5.41, 5.74) is 0.782. The molecule has 2 atom stereocenters. The standard InChI is InChI=1S/C17H17F3N2O/c1-10-6-11(4-5-22(10)9-23)16-13-3-2-12(17(19)20)7-15(13)21-8-14(16)18/h2-3,7-11,17H,4-6H2,1H3. The molecule has 1 saturated heterocycles. The Kier molecular flexibility index (Phi) is 4.24. The van der Waals surface area contributed by atoms with Crippen molar-refractivity contribution in [3.05, 3.63) is 41.3 Å². The third-order valence-electron chi connectivity index (χ3n) is 4.61. The van der Waals surface area contributed by atoms with Gasteiger partial charge in [0.2, 0.25) is 6.41 Å². The van der Waals surface area contributed by atoms with Gasteiger partial charge in [-0.2, -0.15) is 0 Å². The van der Waals surface area contributed by atoms with Crippen LogP contribution in [0.4, 0.5) is 13.2 Å². The maximum absolute atomic E-state index is 14.4. The second kappa shape index (κ2) is 6.18. The van der Waals surface area contributed by atoms with Crippen molar-refractivity contribution in [2.75, 3.05) is 6.54 Å². The molecule has 3 nitrogen and oxygen atoms in total. The molecule has 23 heavy (non-hydrogen) atoms. The molecular weight excluding hydrogens is 305 g/mol. The Morgan fingerprint density at radius 1 is 1.39 bits per heavy atom. The fraction of sp³-hybridized carbons (Fsp3) is 0.412. The molecule has 1 aliphatic heterocycles. The second-order valence-electron chi connectivity index (χ2n) is 6.01. The molecule has 6 heteroatoms. The topological polar surface area (TPSA) is 33.2 Å². The van der Waals surface area contributed by atoms with Crippen molar-refractivity contribution in [1.82, 2.24) is 9.88 Å². The summed E-state index contributed by atoms with van der Waals surface area (Å²) in [6.45, 7) is 2.49. The van der Waals surface area contributed by atoms with Gasteiger partial charge < -0.3 is 4.90 Å². The van der Waals surface area contributed by atoms with Gasteiger partial charge in [0, 0.05) is 29.1 Å². The lowest BCUT2D eigenvalue weighted by Gasteiger charge is -2.35. The third kappa shape index (κ3) is 2.90. The minimum Gasteiger partial charge on any atom is -0.343 e. The van der Waals surface area contributed by atoms with Gasteiger partial charge in [0.25, 0.3) is 6.43 Å². The molecular formula is C17H17F3N2O. The van der Waals surface area contributed by atoms with Crippen LogP contribution in [0.1, 0.15) is 43.2 Å². The molecule has 1 aromatic carbocycles. The van der Waals surface area contributed by atoms with E-state index in [2.05, 4.69) is 4.98 Å². The predicted molar refractivity (Wildman–Crippen MR) is 80.9 cm³/mol. The van der Waals surface area contributed by atoms with Gasteiger partial charge in [-0.25, -0.2) is 13.2 Å². The van der Waals surface area contributed by atoms with Crippen LogP contribution in [0.15, 0.2) is 24.4 Å². The lowest BCUT2D eigenvalue weighted by molar-refractivity contribution is -0.121. The SMILES string of the molecule is CC1CC(c2c(F)cnc3cc(C(F)F)ccc23)CCN1C=O. The zero-order valence-electron chi connectivity index (χ0n) is 12.7. The van der Waals surface area contributed by atoms with E-state index in [1.165, 1.54) is 18.2 Å². The monoisotopic (exact) mass is 322 g/mol. The van der Waals surface area contributed by atoms with E-state index in [1.807, 2.05) is 6.92 Å². The van der Waals surface area contributed by atoms with Crippen LogP contribution in [-0.4, -0.2) is 28.9 Å². The zero-order valence-corrected chi connectivity index (χ0v) is 12.7. The zero-order chi connectivity index (χ0) is 16.6. The highest BCUT2D eigenvalue weighted by Crippen LogP contribution is 2.37. The first-order chi connectivity index (χ1) is 11.0.